The number of hydrogen-bond donors (Lipinski definition) is 0. The first-order chi connectivity index (χ1) is 14.7. The lowest BCUT2D eigenvalue weighted by atomic mass is 9.89. The number of ketones is 1. The minimum Gasteiger partial charge on any atom is -0.338 e. The summed E-state index contributed by atoms with van der Waals surface area (Å²) in [6.07, 6.45) is 7.30. The topological polar surface area (TPSA) is 55.2 Å². The van der Waals surface area contributed by atoms with Crippen molar-refractivity contribution >= 4 is 23.5 Å². The number of amides is 1. The number of likely N-dealkylation sites (tertiary alicyclic amines) is 1. The zero-order valence-corrected chi connectivity index (χ0v) is 17.8. The molecule has 0 spiro atoms. The standard InChI is InChI=1S/C24H25N3O2S/c1-30-22-11-3-2-10-21(22)23(28)20-9-5-13-26(17-20)24(29)19-8-4-7-18(15-19)16-27-14-6-12-25-27/h2-4,6-8,10-12,14-15,20H,5,9,13,16-17H2,1H3. The molecule has 2 heterocycles. The Morgan fingerprint density at radius 1 is 1.13 bits per heavy atom. The Kier molecular flexibility index (Phi) is 6.33. The molecule has 154 valence electrons. The van der Waals surface area contributed by atoms with Gasteiger partial charge in [0.2, 0.25) is 0 Å². The Balaban J connectivity index is 1.48. The van der Waals surface area contributed by atoms with Crippen LogP contribution in [0, 0.1) is 5.92 Å². The molecule has 0 saturated carbocycles. The van der Waals surface area contributed by atoms with Gasteiger partial charge < -0.3 is 4.90 Å². The Morgan fingerprint density at radius 2 is 2.00 bits per heavy atom. The normalized spacial score (nSPS) is 16.4. The van der Waals surface area contributed by atoms with Gasteiger partial charge in [0.15, 0.2) is 5.78 Å². The number of piperidine rings is 1. The summed E-state index contributed by atoms with van der Waals surface area (Å²) in [6.45, 7) is 1.79. The number of nitrogens with zero attached hydrogens (tertiary/aromatic N) is 3. The van der Waals surface area contributed by atoms with Crippen LogP contribution in [-0.2, 0) is 6.54 Å². The smallest absolute Gasteiger partial charge is 0.253 e. The molecule has 1 aromatic heterocycles. The number of aromatic nitrogens is 2. The summed E-state index contributed by atoms with van der Waals surface area (Å²) in [5.41, 5.74) is 2.46. The molecule has 0 aliphatic carbocycles. The third-order valence-corrected chi connectivity index (χ3v) is 6.33. The summed E-state index contributed by atoms with van der Waals surface area (Å²) >= 11 is 1.59. The Morgan fingerprint density at radius 3 is 2.80 bits per heavy atom. The molecule has 0 bridgehead atoms. The van der Waals surface area contributed by atoms with E-state index in [1.54, 1.807) is 18.0 Å². The maximum Gasteiger partial charge on any atom is 0.253 e. The number of carbonyl (C=O) groups excluding carboxylic acids is 2. The van der Waals surface area contributed by atoms with E-state index < -0.39 is 0 Å². The summed E-state index contributed by atoms with van der Waals surface area (Å²) in [6, 6.07) is 17.3. The van der Waals surface area contributed by atoms with Crippen LogP contribution in [0.15, 0.2) is 71.9 Å². The van der Waals surface area contributed by atoms with Gasteiger partial charge in [-0.25, -0.2) is 0 Å². The molecule has 5 nitrogen and oxygen atoms in total. The van der Waals surface area contributed by atoms with Crippen LogP contribution in [0.3, 0.4) is 0 Å². The van der Waals surface area contributed by atoms with Crippen molar-refractivity contribution in [1.82, 2.24) is 14.7 Å². The minimum atomic E-state index is -0.150. The molecule has 4 rings (SSSR count). The minimum absolute atomic E-state index is 0.00651. The summed E-state index contributed by atoms with van der Waals surface area (Å²) in [7, 11) is 0. The molecule has 0 radical (unpaired) electrons. The van der Waals surface area contributed by atoms with E-state index >= 15 is 0 Å². The fourth-order valence-corrected chi connectivity index (χ4v) is 4.61. The molecule has 3 aromatic rings. The summed E-state index contributed by atoms with van der Waals surface area (Å²) < 4.78 is 1.84. The van der Waals surface area contributed by atoms with Gasteiger partial charge in [0.1, 0.15) is 0 Å². The fourth-order valence-electron chi connectivity index (χ4n) is 4.01. The quantitative estimate of drug-likeness (QED) is 0.439. The van der Waals surface area contributed by atoms with Crippen molar-refractivity contribution < 1.29 is 9.59 Å². The van der Waals surface area contributed by atoms with E-state index in [2.05, 4.69) is 5.10 Å². The van der Waals surface area contributed by atoms with Gasteiger partial charge in [-0.15, -0.1) is 11.8 Å². The number of thioether (sulfide) groups is 1. The molecule has 30 heavy (non-hydrogen) atoms. The van der Waals surface area contributed by atoms with Crippen LogP contribution in [-0.4, -0.2) is 45.7 Å². The summed E-state index contributed by atoms with van der Waals surface area (Å²) in [5, 5.41) is 4.23. The van der Waals surface area contributed by atoms with E-state index in [0.717, 1.165) is 28.9 Å². The van der Waals surface area contributed by atoms with Crippen LogP contribution in [0.1, 0.15) is 39.1 Å². The lowest BCUT2D eigenvalue weighted by Crippen LogP contribution is -2.42. The summed E-state index contributed by atoms with van der Waals surface area (Å²) in [5.74, 6) is -0.0129. The molecule has 1 fully saturated rings. The molecule has 2 aromatic carbocycles. The van der Waals surface area contributed by atoms with Gasteiger partial charge in [-0.3, -0.25) is 14.3 Å². The summed E-state index contributed by atoms with van der Waals surface area (Å²) in [4.78, 5) is 29.2. The first-order valence-electron chi connectivity index (χ1n) is 10.2. The average Bonchev–Trinajstić information content (AvgIpc) is 3.31. The van der Waals surface area contributed by atoms with E-state index in [0.29, 0.717) is 25.2 Å². The van der Waals surface area contributed by atoms with E-state index in [9.17, 15) is 9.59 Å². The molecule has 0 N–H and O–H groups in total. The highest BCUT2D eigenvalue weighted by atomic mass is 32.2. The molecular formula is C24H25N3O2S. The largest absolute Gasteiger partial charge is 0.338 e. The monoisotopic (exact) mass is 419 g/mol. The van der Waals surface area contributed by atoms with Crippen LogP contribution in [0.5, 0.6) is 0 Å². The Labute approximate surface area is 181 Å². The Hall–Kier alpha value is -2.86. The van der Waals surface area contributed by atoms with E-state index in [1.165, 1.54) is 0 Å². The number of rotatable bonds is 6. The Bertz CT molecular complexity index is 1030. The second-order valence-electron chi connectivity index (χ2n) is 7.56. The van der Waals surface area contributed by atoms with Crippen molar-refractivity contribution in [3.8, 4) is 0 Å². The average molecular weight is 420 g/mol. The SMILES string of the molecule is CSc1ccccc1C(=O)C1CCCN(C(=O)c2cccc(Cn3cccn3)c2)C1. The van der Waals surface area contributed by atoms with Crippen molar-refractivity contribution in [3.05, 3.63) is 83.7 Å². The number of benzene rings is 2. The van der Waals surface area contributed by atoms with Crippen molar-refractivity contribution in [1.29, 1.82) is 0 Å². The van der Waals surface area contributed by atoms with Crippen molar-refractivity contribution in [2.75, 3.05) is 19.3 Å². The highest BCUT2D eigenvalue weighted by molar-refractivity contribution is 7.98. The third kappa shape index (κ3) is 4.49. The predicted octanol–water partition coefficient (Wildman–Crippen LogP) is 4.39. The van der Waals surface area contributed by atoms with Gasteiger partial charge in [-0.05, 0) is 48.9 Å². The molecule has 6 heteroatoms. The van der Waals surface area contributed by atoms with Gasteiger partial charge in [-0.2, -0.15) is 5.10 Å². The van der Waals surface area contributed by atoms with Crippen molar-refractivity contribution in [2.24, 2.45) is 5.92 Å². The second kappa shape index (κ2) is 9.30. The molecule has 1 unspecified atom stereocenters. The van der Waals surface area contributed by atoms with Gasteiger partial charge >= 0.3 is 0 Å². The van der Waals surface area contributed by atoms with Gasteiger partial charge in [-0.1, -0.05) is 30.3 Å². The van der Waals surface area contributed by atoms with Crippen LogP contribution in [0.25, 0.3) is 0 Å². The highest BCUT2D eigenvalue weighted by Crippen LogP contribution is 2.27. The maximum atomic E-state index is 13.2. The predicted molar refractivity (Wildman–Crippen MR) is 119 cm³/mol. The van der Waals surface area contributed by atoms with Gasteiger partial charge in [0.25, 0.3) is 5.91 Å². The molecule has 1 aliphatic rings. The zero-order chi connectivity index (χ0) is 20.9. The van der Waals surface area contributed by atoms with Crippen LogP contribution >= 0.6 is 11.8 Å². The zero-order valence-electron chi connectivity index (χ0n) is 17.0. The van der Waals surface area contributed by atoms with E-state index in [4.69, 9.17) is 0 Å². The van der Waals surface area contributed by atoms with E-state index in [-0.39, 0.29) is 17.6 Å². The number of carbonyl (C=O) groups is 2. The third-order valence-electron chi connectivity index (χ3n) is 5.53. The van der Waals surface area contributed by atoms with Gasteiger partial charge in [0.05, 0.1) is 6.54 Å². The molecule has 1 aliphatic heterocycles. The first-order valence-corrected chi connectivity index (χ1v) is 11.4. The van der Waals surface area contributed by atoms with E-state index in [1.807, 2.05) is 76.6 Å². The molecular weight excluding hydrogens is 394 g/mol. The molecule has 1 amide bonds. The molecule has 1 saturated heterocycles. The highest BCUT2D eigenvalue weighted by Gasteiger charge is 2.30. The van der Waals surface area contributed by atoms with Crippen LogP contribution in [0.2, 0.25) is 0 Å². The van der Waals surface area contributed by atoms with Crippen LogP contribution in [0.4, 0.5) is 0 Å². The molecule has 1 atom stereocenters. The first kappa shape index (κ1) is 20.4. The van der Waals surface area contributed by atoms with Crippen LogP contribution < -0.4 is 0 Å². The van der Waals surface area contributed by atoms with Crippen molar-refractivity contribution in [3.63, 3.8) is 0 Å². The second-order valence-corrected chi connectivity index (χ2v) is 8.41. The maximum absolute atomic E-state index is 13.2. The van der Waals surface area contributed by atoms with Crippen molar-refractivity contribution in [2.45, 2.75) is 24.3 Å². The number of Topliss-reactive ketones (excluding diaryl/α,β-unsaturated/α-hetero) is 1. The number of hydrogen-bond acceptors (Lipinski definition) is 4. The van der Waals surface area contributed by atoms with Gasteiger partial charge in [0, 0.05) is 47.4 Å². The lowest BCUT2D eigenvalue weighted by Gasteiger charge is -2.32. The lowest BCUT2D eigenvalue weighted by molar-refractivity contribution is 0.0636. The fraction of sp³-hybridized carbons (Fsp3) is 0.292.